The van der Waals surface area contributed by atoms with E-state index < -0.39 is 12.3 Å². The fraction of sp³-hybridized carbons (Fsp3) is 0. The van der Waals surface area contributed by atoms with E-state index in [0.29, 0.717) is 0 Å². The maximum absolute atomic E-state index is 8.33. The molecule has 9 heavy (non-hydrogen) atoms. The van der Waals surface area contributed by atoms with E-state index in [1.54, 1.807) is 0 Å². The van der Waals surface area contributed by atoms with Gasteiger partial charge < -0.3 is 30.0 Å². The molecule has 7 heteroatoms. The van der Waals surface area contributed by atoms with Crippen molar-refractivity contribution in [3.05, 3.63) is 0 Å². The van der Waals surface area contributed by atoms with Crippen molar-refractivity contribution in [2.75, 3.05) is 0 Å². The maximum Gasteiger partial charge on any atom is 0 e. The molecule has 0 aromatic carbocycles. The predicted octanol–water partition coefficient (Wildman–Crippen LogP) is -4.89. The summed E-state index contributed by atoms with van der Waals surface area (Å²) in [5, 5.41) is 33.3. The van der Waals surface area contributed by atoms with E-state index in [4.69, 9.17) is 30.0 Å². The third kappa shape index (κ3) is 29700. The van der Waals surface area contributed by atoms with Gasteiger partial charge in [-0.25, -0.2) is 0 Å². The Labute approximate surface area is 83.1 Å². The number of carbonyl (C=O) groups is 2. The van der Waals surface area contributed by atoms with E-state index in [1.165, 1.54) is 0 Å². The number of hydrogen-bond donors (Lipinski definition) is 0. The molecule has 0 N–H and O–H groups in total. The monoisotopic (exact) mass is 261 g/mol. The van der Waals surface area contributed by atoms with Crippen molar-refractivity contribution in [2.24, 2.45) is 0 Å². The van der Waals surface area contributed by atoms with Crippen molar-refractivity contribution in [2.45, 2.75) is 0 Å². The zero-order valence-corrected chi connectivity index (χ0v) is 7.73. The van der Waals surface area contributed by atoms with Crippen LogP contribution in [0.25, 0.3) is 0 Å². The molecular weight excluding hydrogens is 261 g/mol. The van der Waals surface area contributed by atoms with Gasteiger partial charge in [-0.1, -0.05) is 0 Å². The summed E-state index contributed by atoms with van der Waals surface area (Å²) < 4.78 is 0. The second kappa shape index (κ2) is 10.8. The van der Waals surface area contributed by atoms with Gasteiger partial charge in [0.2, 0.25) is 0 Å². The molecule has 6 nitrogen and oxygen atoms in total. The summed E-state index contributed by atoms with van der Waals surface area (Å²) in [4.78, 5) is 16.7. The van der Waals surface area contributed by atoms with Crippen LogP contribution in [0.1, 0.15) is 0 Å². The summed E-state index contributed by atoms with van der Waals surface area (Å²) in [6, 6.07) is 0. The van der Waals surface area contributed by atoms with Crippen LogP contribution in [0.2, 0.25) is 0 Å². The molecule has 0 bridgehead atoms. The predicted molar refractivity (Wildman–Crippen MR) is 10.8 cm³/mol. The Morgan fingerprint density at radius 3 is 0.778 bits per heavy atom. The van der Waals surface area contributed by atoms with Gasteiger partial charge >= 0.3 is 0 Å². The van der Waals surface area contributed by atoms with Crippen LogP contribution in [0.4, 0.5) is 9.59 Å². The summed E-state index contributed by atoms with van der Waals surface area (Å²) in [6.45, 7) is 0. The minimum atomic E-state index is -2.33. The Kier molecular flexibility index (Phi) is 19.2. The standard InChI is InChI=1S/2CH2O3.Pr/c2*2-1(3)4;/h2*(H2,2,3,4);/p-4. The van der Waals surface area contributed by atoms with E-state index in [0.717, 1.165) is 0 Å². The third-order valence-corrected chi connectivity index (χ3v) is 0. The van der Waals surface area contributed by atoms with Gasteiger partial charge in [0.1, 0.15) is 0 Å². The zero-order chi connectivity index (χ0) is 7.15. The second-order valence-corrected chi connectivity index (χ2v) is 0.500. The maximum atomic E-state index is 8.33. The van der Waals surface area contributed by atoms with Crippen LogP contribution < -0.4 is 20.4 Å². The van der Waals surface area contributed by atoms with Crippen molar-refractivity contribution < 1.29 is 71.3 Å². The van der Waals surface area contributed by atoms with E-state index in [1.807, 2.05) is 0 Å². The van der Waals surface area contributed by atoms with Crippen molar-refractivity contribution in [3.63, 3.8) is 0 Å². The Morgan fingerprint density at radius 2 is 0.778 bits per heavy atom. The zero-order valence-electron chi connectivity index (χ0n) is 4.03. The van der Waals surface area contributed by atoms with Crippen LogP contribution in [0, 0.1) is 41.3 Å². The van der Waals surface area contributed by atoms with Gasteiger partial charge in [-0.05, 0) is 12.3 Å². The van der Waals surface area contributed by atoms with Gasteiger partial charge in [-0.2, -0.15) is 0 Å². The molecule has 0 aromatic heterocycles. The van der Waals surface area contributed by atoms with Crippen molar-refractivity contribution in [1.29, 1.82) is 0 Å². The van der Waals surface area contributed by atoms with Crippen LogP contribution >= 0.6 is 0 Å². The summed E-state index contributed by atoms with van der Waals surface area (Å²) in [6.07, 6.45) is -4.67. The summed E-state index contributed by atoms with van der Waals surface area (Å²) in [5.74, 6) is 0. The van der Waals surface area contributed by atoms with E-state index >= 15 is 0 Å². The van der Waals surface area contributed by atoms with Crippen LogP contribution in [-0.2, 0) is 0 Å². The van der Waals surface area contributed by atoms with Crippen LogP contribution in [0.5, 0.6) is 0 Å². The molecule has 0 saturated heterocycles. The quantitative estimate of drug-likeness (QED) is 0.430. The molecule has 0 aliphatic carbocycles. The normalized spacial score (nSPS) is 5.33. The molecule has 0 rings (SSSR count). The topological polar surface area (TPSA) is 126 Å². The van der Waals surface area contributed by atoms with Crippen LogP contribution in [-0.4, -0.2) is 12.3 Å². The average molecular weight is 261 g/mol. The molecule has 0 unspecified atom stereocenters. The van der Waals surface area contributed by atoms with Gasteiger partial charge in [-0.15, -0.1) is 0 Å². The molecule has 0 atom stereocenters. The van der Waals surface area contributed by atoms with Gasteiger partial charge in [-0.3, -0.25) is 0 Å². The van der Waals surface area contributed by atoms with E-state index in [9.17, 15) is 0 Å². The van der Waals surface area contributed by atoms with Crippen LogP contribution in [0.15, 0.2) is 0 Å². The second-order valence-electron chi connectivity index (χ2n) is 0.500. The van der Waals surface area contributed by atoms with Crippen molar-refractivity contribution >= 4 is 12.3 Å². The molecule has 0 aromatic rings. The molecule has 0 aliphatic rings. The first kappa shape index (κ1) is 16.0. The SMILES string of the molecule is O=C([O-])[O-].O=C([O-])[O-].[Pr]. The van der Waals surface area contributed by atoms with Gasteiger partial charge in [0.15, 0.2) is 0 Å². The van der Waals surface area contributed by atoms with E-state index in [2.05, 4.69) is 0 Å². The summed E-state index contributed by atoms with van der Waals surface area (Å²) in [7, 11) is 0. The van der Waals surface area contributed by atoms with Crippen molar-refractivity contribution in [1.82, 2.24) is 0 Å². The fourth-order valence-electron chi connectivity index (χ4n) is 0. The minimum Gasteiger partial charge on any atom is -0.652 e. The summed E-state index contributed by atoms with van der Waals surface area (Å²) in [5.41, 5.74) is 0. The van der Waals surface area contributed by atoms with Gasteiger partial charge in [0.25, 0.3) is 0 Å². The molecule has 0 spiro atoms. The smallest absolute Gasteiger partial charge is 0 e. The van der Waals surface area contributed by atoms with E-state index in [-0.39, 0.29) is 41.3 Å². The molecule has 0 aliphatic heterocycles. The summed E-state index contributed by atoms with van der Waals surface area (Å²) >= 11 is 0. The molecule has 1 radical (unpaired) electrons. The first-order valence-electron chi connectivity index (χ1n) is 1.22. The third-order valence-electron chi connectivity index (χ3n) is 0. The van der Waals surface area contributed by atoms with Gasteiger partial charge in [0.05, 0.1) is 0 Å². The fourth-order valence-corrected chi connectivity index (χ4v) is 0. The minimum absolute atomic E-state index is 0. The first-order chi connectivity index (χ1) is 3.46. The molecule has 0 amide bonds. The Balaban J connectivity index is -0.0000000720. The molecule has 0 fully saturated rings. The molecule has 0 saturated carbocycles. The number of carboxylic acid groups (broad SMARTS) is 4. The first-order valence-corrected chi connectivity index (χ1v) is 1.22. The number of carbonyl (C=O) groups excluding carboxylic acids is 2. The molecule has 51 valence electrons. The van der Waals surface area contributed by atoms with Crippen molar-refractivity contribution in [3.8, 4) is 0 Å². The largest absolute Gasteiger partial charge is 0.652 e. The average Bonchev–Trinajstić information content (AvgIpc) is 1.25. The molecular formula is C2O6Pr-4. The number of rotatable bonds is 0. The Morgan fingerprint density at radius 1 is 0.778 bits per heavy atom. The Bertz CT molecular complexity index is 69.1. The van der Waals surface area contributed by atoms with Gasteiger partial charge in [0, 0.05) is 41.3 Å². The Hall–Kier alpha value is -0.0964. The number of hydrogen-bond acceptors (Lipinski definition) is 6. The van der Waals surface area contributed by atoms with Crippen LogP contribution in [0.3, 0.4) is 0 Å². The molecule has 0 heterocycles.